The molecule has 0 aliphatic carbocycles. The van der Waals surface area contributed by atoms with Crippen LogP contribution in [-0.2, 0) is 14.3 Å². The van der Waals surface area contributed by atoms with Crippen LogP contribution in [0.4, 0.5) is 11.4 Å². The molecule has 0 saturated carbocycles. The molecule has 1 heterocycles. The number of ether oxygens (including phenoxy) is 1. The summed E-state index contributed by atoms with van der Waals surface area (Å²) in [6.45, 7) is 1.73. The average molecular weight is 350 g/mol. The number of benzene rings is 1. The van der Waals surface area contributed by atoms with E-state index < -0.39 is 4.92 Å². The molecule has 1 aromatic rings. The van der Waals surface area contributed by atoms with Gasteiger partial charge in [-0.2, -0.15) is 0 Å². The van der Waals surface area contributed by atoms with Gasteiger partial charge in [-0.15, -0.1) is 0 Å². The summed E-state index contributed by atoms with van der Waals surface area (Å²) in [5.41, 5.74) is 0.507. The molecule has 1 saturated heterocycles. The molecular weight excluding hydrogens is 328 g/mol. The van der Waals surface area contributed by atoms with E-state index in [2.05, 4.69) is 10.6 Å². The van der Waals surface area contributed by atoms with Crippen molar-refractivity contribution in [1.29, 1.82) is 0 Å². The topological polar surface area (TPSA) is 114 Å². The Bertz CT molecular complexity index is 611. The molecule has 136 valence electrons. The Labute approximate surface area is 145 Å². The summed E-state index contributed by atoms with van der Waals surface area (Å²) in [4.78, 5) is 35.7. The maximum Gasteiger partial charge on any atom is 0.269 e. The van der Waals surface area contributed by atoms with E-state index in [4.69, 9.17) is 4.74 Å². The van der Waals surface area contributed by atoms with Crippen LogP contribution >= 0.6 is 0 Å². The first-order valence-corrected chi connectivity index (χ1v) is 8.03. The molecule has 9 heteroatoms. The van der Waals surface area contributed by atoms with Gasteiger partial charge in [-0.25, -0.2) is 0 Å². The summed E-state index contributed by atoms with van der Waals surface area (Å²) in [6.07, 6.45) is 1.56. The molecular formula is C16H22N4O5. The number of carbonyl (C=O) groups is 2. The minimum Gasteiger partial charge on any atom is -0.375 e. The molecule has 2 amide bonds. The molecule has 0 unspecified atom stereocenters. The molecule has 0 aromatic heterocycles. The van der Waals surface area contributed by atoms with E-state index in [-0.39, 0.29) is 36.7 Å². The van der Waals surface area contributed by atoms with Crippen LogP contribution in [0.2, 0.25) is 0 Å². The summed E-state index contributed by atoms with van der Waals surface area (Å²) >= 11 is 0. The normalized spacial score (nSPS) is 15.6. The van der Waals surface area contributed by atoms with Crippen LogP contribution in [0, 0.1) is 10.1 Å². The number of rotatable bonds is 7. The lowest BCUT2D eigenvalue weighted by Crippen LogP contribution is -2.47. The highest BCUT2D eigenvalue weighted by atomic mass is 16.6. The van der Waals surface area contributed by atoms with E-state index in [1.54, 1.807) is 0 Å². The first kappa shape index (κ1) is 18.8. The van der Waals surface area contributed by atoms with E-state index in [1.165, 1.54) is 31.4 Å². The monoisotopic (exact) mass is 350 g/mol. The number of carbonyl (C=O) groups excluding carboxylic acids is 2. The third-order valence-corrected chi connectivity index (χ3v) is 3.96. The Balaban J connectivity index is 1.73. The fraction of sp³-hybridized carbons (Fsp3) is 0.500. The molecule has 0 spiro atoms. The molecule has 0 radical (unpaired) electrons. The highest BCUT2D eigenvalue weighted by Crippen LogP contribution is 2.16. The van der Waals surface area contributed by atoms with Crippen molar-refractivity contribution in [1.82, 2.24) is 10.2 Å². The number of likely N-dealkylation sites (tertiary alicyclic amines) is 1. The number of amides is 2. The second-order valence-electron chi connectivity index (χ2n) is 5.90. The van der Waals surface area contributed by atoms with Crippen LogP contribution in [0.3, 0.4) is 0 Å². The fourth-order valence-electron chi connectivity index (χ4n) is 2.71. The summed E-state index contributed by atoms with van der Waals surface area (Å²) in [5.74, 6) is -0.299. The van der Waals surface area contributed by atoms with Gasteiger partial charge in [0.15, 0.2) is 0 Å². The standard InChI is InChI=1S/C16H22N4O5/c1-25-11-16(22)18-13-6-8-19(9-7-13)10-15(21)17-12-2-4-14(5-3-12)20(23)24/h2-5,13H,6-11H2,1H3,(H,17,21)(H,18,22). The summed E-state index contributed by atoms with van der Waals surface area (Å²) in [6, 6.07) is 5.83. The lowest BCUT2D eigenvalue weighted by atomic mass is 10.1. The molecule has 1 fully saturated rings. The van der Waals surface area contributed by atoms with Gasteiger partial charge in [-0.3, -0.25) is 24.6 Å². The van der Waals surface area contributed by atoms with Gasteiger partial charge in [-0.05, 0) is 25.0 Å². The van der Waals surface area contributed by atoms with Crippen LogP contribution in [0.15, 0.2) is 24.3 Å². The van der Waals surface area contributed by atoms with E-state index in [0.717, 1.165) is 12.8 Å². The number of nitrogens with one attached hydrogen (secondary N) is 2. The van der Waals surface area contributed by atoms with Crippen molar-refractivity contribution in [3.63, 3.8) is 0 Å². The van der Waals surface area contributed by atoms with E-state index >= 15 is 0 Å². The number of hydrogen-bond donors (Lipinski definition) is 2. The lowest BCUT2D eigenvalue weighted by molar-refractivity contribution is -0.384. The second-order valence-corrected chi connectivity index (χ2v) is 5.90. The Morgan fingerprint density at radius 2 is 1.88 bits per heavy atom. The van der Waals surface area contributed by atoms with Crippen molar-refractivity contribution in [2.45, 2.75) is 18.9 Å². The zero-order valence-corrected chi connectivity index (χ0v) is 14.1. The zero-order valence-electron chi connectivity index (χ0n) is 14.1. The van der Waals surface area contributed by atoms with Gasteiger partial charge < -0.3 is 15.4 Å². The number of nitro groups is 1. The number of nitro benzene ring substituents is 1. The van der Waals surface area contributed by atoms with Gasteiger partial charge in [0, 0.05) is 44.1 Å². The third kappa shape index (κ3) is 6.12. The van der Waals surface area contributed by atoms with Crippen LogP contribution in [0.25, 0.3) is 0 Å². The van der Waals surface area contributed by atoms with Gasteiger partial charge >= 0.3 is 0 Å². The second kappa shape index (κ2) is 9.09. The quantitative estimate of drug-likeness (QED) is 0.554. The largest absolute Gasteiger partial charge is 0.375 e. The fourth-order valence-corrected chi connectivity index (χ4v) is 2.71. The van der Waals surface area contributed by atoms with Gasteiger partial charge in [0.05, 0.1) is 11.5 Å². The van der Waals surface area contributed by atoms with Crippen LogP contribution in [-0.4, -0.2) is 61.0 Å². The molecule has 25 heavy (non-hydrogen) atoms. The molecule has 9 nitrogen and oxygen atoms in total. The summed E-state index contributed by atoms with van der Waals surface area (Å²) < 4.78 is 4.78. The van der Waals surface area contributed by atoms with Gasteiger partial charge in [0.2, 0.25) is 11.8 Å². The molecule has 0 bridgehead atoms. The smallest absolute Gasteiger partial charge is 0.269 e. The predicted molar refractivity (Wildman–Crippen MR) is 91.2 cm³/mol. The van der Waals surface area contributed by atoms with Crippen molar-refractivity contribution in [3.05, 3.63) is 34.4 Å². The lowest BCUT2D eigenvalue weighted by Gasteiger charge is -2.31. The number of methoxy groups -OCH3 is 1. The molecule has 1 aliphatic heterocycles. The van der Waals surface area contributed by atoms with E-state index in [1.807, 2.05) is 4.90 Å². The van der Waals surface area contributed by atoms with Crippen molar-refractivity contribution in [2.75, 3.05) is 38.7 Å². The molecule has 1 aliphatic rings. The number of non-ortho nitro benzene ring substituents is 1. The van der Waals surface area contributed by atoms with Gasteiger partial charge in [0.25, 0.3) is 5.69 Å². The first-order chi connectivity index (χ1) is 12.0. The predicted octanol–water partition coefficient (Wildman–Crippen LogP) is 0.760. The number of hydrogen-bond acceptors (Lipinski definition) is 6. The Morgan fingerprint density at radius 3 is 2.44 bits per heavy atom. The molecule has 1 aromatic carbocycles. The van der Waals surface area contributed by atoms with Crippen molar-refractivity contribution < 1.29 is 19.2 Å². The average Bonchev–Trinajstić information content (AvgIpc) is 2.57. The van der Waals surface area contributed by atoms with Crippen LogP contribution in [0.5, 0.6) is 0 Å². The molecule has 2 N–H and O–H groups in total. The minimum absolute atomic E-state index is 0.0180. The zero-order chi connectivity index (χ0) is 18.2. The summed E-state index contributed by atoms with van der Waals surface area (Å²) in [5, 5.41) is 16.2. The number of nitrogens with zero attached hydrogens (tertiary/aromatic N) is 2. The summed E-state index contributed by atoms with van der Waals surface area (Å²) in [7, 11) is 1.48. The van der Waals surface area contributed by atoms with Crippen LogP contribution < -0.4 is 10.6 Å². The van der Waals surface area contributed by atoms with Crippen molar-refractivity contribution in [3.8, 4) is 0 Å². The number of anilines is 1. The Kier molecular flexibility index (Phi) is 6.84. The SMILES string of the molecule is COCC(=O)NC1CCN(CC(=O)Nc2ccc([N+](=O)[O-])cc2)CC1. The van der Waals surface area contributed by atoms with E-state index in [9.17, 15) is 19.7 Å². The molecule has 2 rings (SSSR count). The first-order valence-electron chi connectivity index (χ1n) is 8.03. The Morgan fingerprint density at radius 1 is 1.24 bits per heavy atom. The van der Waals surface area contributed by atoms with Crippen molar-refractivity contribution in [2.24, 2.45) is 0 Å². The molecule has 0 atom stereocenters. The highest BCUT2D eigenvalue weighted by Gasteiger charge is 2.22. The maximum atomic E-state index is 12.1. The maximum absolute atomic E-state index is 12.1. The minimum atomic E-state index is -0.485. The Hall–Kier alpha value is -2.52. The third-order valence-electron chi connectivity index (χ3n) is 3.96. The highest BCUT2D eigenvalue weighted by molar-refractivity contribution is 5.92. The van der Waals surface area contributed by atoms with Crippen molar-refractivity contribution >= 4 is 23.2 Å². The van der Waals surface area contributed by atoms with Crippen LogP contribution in [0.1, 0.15) is 12.8 Å². The number of piperidine rings is 1. The van der Waals surface area contributed by atoms with E-state index in [0.29, 0.717) is 18.8 Å². The van der Waals surface area contributed by atoms with Gasteiger partial charge in [-0.1, -0.05) is 0 Å². The van der Waals surface area contributed by atoms with Gasteiger partial charge in [0.1, 0.15) is 6.61 Å².